The Labute approximate surface area is 170 Å². The third-order valence-electron chi connectivity index (χ3n) is 4.00. The van der Waals surface area contributed by atoms with Crippen LogP contribution in [-0.2, 0) is 10.0 Å². The molecule has 0 aliphatic rings. The number of anilines is 1. The molecule has 2 aromatic rings. The molecule has 7 nitrogen and oxygen atoms in total. The van der Waals surface area contributed by atoms with E-state index in [1.807, 2.05) is 0 Å². The zero-order chi connectivity index (χ0) is 20.9. The Balaban J connectivity index is 1.97. The molecule has 0 aliphatic heterocycles. The number of benzene rings is 2. The molecule has 2 rings (SSSR count). The minimum Gasteiger partial charge on any atom is -0.497 e. The van der Waals surface area contributed by atoms with Gasteiger partial charge in [-0.3, -0.25) is 9.10 Å². The van der Waals surface area contributed by atoms with Crippen molar-refractivity contribution in [2.24, 2.45) is 0 Å². The molecule has 0 bridgehead atoms. The van der Waals surface area contributed by atoms with Crippen molar-refractivity contribution in [2.75, 3.05) is 31.3 Å². The first-order chi connectivity index (χ1) is 13.1. The average molecular weight is 427 g/mol. The summed E-state index contributed by atoms with van der Waals surface area (Å²) in [6.07, 6.45) is 1.09. The highest BCUT2D eigenvalue weighted by Crippen LogP contribution is 2.24. The average Bonchev–Trinajstić information content (AvgIpc) is 2.65. The van der Waals surface area contributed by atoms with E-state index in [1.165, 1.54) is 25.2 Å². The van der Waals surface area contributed by atoms with Crippen LogP contribution in [-0.4, -0.2) is 47.4 Å². The number of methoxy groups -OCH3 is 1. The number of nitrogens with one attached hydrogen (secondary N) is 1. The van der Waals surface area contributed by atoms with E-state index in [0.29, 0.717) is 11.4 Å². The van der Waals surface area contributed by atoms with Crippen molar-refractivity contribution >= 4 is 33.2 Å². The smallest absolute Gasteiger partial charge is 0.253 e. The topological polar surface area (TPSA) is 84.9 Å². The number of hydrogen-bond donors (Lipinski definition) is 1. The van der Waals surface area contributed by atoms with Gasteiger partial charge in [0.05, 0.1) is 35.7 Å². The van der Waals surface area contributed by atoms with Crippen LogP contribution in [0.5, 0.6) is 11.5 Å². The lowest BCUT2D eigenvalue weighted by Crippen LogP contribution is -2.37. The largest absolute Gasteiger partial charge is 0.497 e. The standard InChI is InChI=1S/C19H23ClN2O5S/c1-13(12-27-16-8-6-15(26-3)7-9-16)21-19(23)17-10-5-14(11-18(17)20)22(2)28(4,24)25/h5-11,13H,12H2,1-4H3,(H,21,23)/t13-/m0/s1. The monoisotopic (exact) mass is 426 g/mol. The van der Waals surface area contributed by atoms with Crippen molar-refractivity contribution in [3.63, 3.8) is 0 Å². The predicted molar refractivity (Wildman–Crippen MR) is 110 cm³/mol. The molecule has 0 spiro atoms. The first-order valence-corrected chi connectivity index (χ1v) is 10.7. The van der Waals surface area contributed by atoms with Crippen molar-refractivity contribution < 1.29 is 22.7 Å². The summed E-state index contributed by atoms with van der Waals surface area (Å²) in [4.78, 5) is 12.4. The normalized spacial score (nSPS) is 12.2. The van der Waals surface area contributed by atoms with Crippen LogP contribution in [0.1, 0.15) is 17.3 Å². The lowest BCUT2D eigenvalue weighted by molar-refractivity contribution is 0.0927. The van der Waals surface area contributed by atoms with E-state index in [9.17, 15) is 13.2 Å². The molecular weight excluding hydrogens is 404 g/mol. The number of carbonyl (C=O) groups excluding carboxylic acids is 1. The van der Waals surface area contributed by atoms with Gasteiger partial charge >= 0.3 is 0 Å². The number of rotatable bonds is 8. The molecule has 152 valence electrons. The maximum Gasteiger partial charge on any atom is 0.253 e. The number of ether oxygens (including phenoxy) is 2. The molecule has 0 fully saturated rings. The van der Waals surface area contributed by atoms with E-state index in [2.05, 4.69) is 5.32 Å². The van der Waals surface area contributed by atoms with Gasteiger partial charge in [0, 0.05) is 7.05 Å². The lowest BCUT2D eigenvalue weighted by atomic mass is 10.2. The molecule has 28 heavy (non-hydrogen) atoms. The molecule has 0 aliphatic carbocycles. The fraction of sp³-hybridized carbons (Fsp3) is 0.316. The number of amides is 1. The summed E-state index contributed by atoms with van der Waals surface area (Å²) in [5.41, 5.74) is 0.628. The minimum atomic E-state index is -3.41. The molecule has 0 heterocycles. The third-order valence-corrected chi connectivity index (χ3v) is 5.51. The molecule has 1 N–H and O–H groups in total. The van der Waals surface area contributed by atoms with Gasteiger partial charge in [-0.1, -0.05) is 11.6 Å². The van der Waals surface area contributed by atoms with Gasteiger partial charge < -0.3 is 14.8 Å². The SMILES string of the molecule is COc1ccc(OC[C@H](C)NC(=O)c2ccc(N(C)S(C)(=O)=O)cc2Cl)cc1. The van der Waals surface area contributed by atoms with Crippen molar-refractivity contribution in [2.45, 2.75) is 13.0 Å². The summed E-state index contributed by atoms with van der Waals surface area (Å²) in [6, 6.07) is 11.3. The van der Waals surface area contributed by atoms with Gasteiger partial charge in [-0.05, 0) is 49.4 Å². The van der Waals surface area contributed by atoms with Gasteiger partial charge in [0.1, 0.15) is 18.1 Å². The second-order valence-electron chi connectivity index (χ2n) is 6.26. The Morgan fingerprint density at radius 3 is 2.32 bits per heavy atom. The summed E-state index contributed by atoms with van der Waals surface area (Å²) in [5, 5.41) is 2.96. The summed E-state index contributed by atoms with van der Waals surface area (Å²) in [6.45, 7) is 2.08. The van der Waals surface area contributed by atoms with Crippen LogP contribution < -0.4 is 19.1 Å². The first-order valence-electron chi connectivity index (χ1n) is 8.43. The minimum absolute atomic E-state index is 0.161. The van der Waals surface area contributed by atoms with Crippen molar-refractivity contribution in [3.8, 4) is 11.5 Å². The maximum absolute atomic E-state index is 12.4. The van der Waals surface area contributed by atoms with Crippen molar-refractivity contribution in [1.29, 1.82) is 0 Å². The summed E-state index contributed by atoms with van der Waals surface area (Å²) in [7, 11) is -0.410. The number of halogens is 1. The Bertz CT molecular complexity index is 932. The number of carbonyl (C=O) groups is 1. The van der Waals surface area contributed by atoms with Crippen LogP contribution in [0.15, 0.2) is 42.5 Å². The van der Waals surface area contributed by atoms with Crippen LogP contribution in [0.25, 0.3) is 0 Å². The first kappa shape index (κ1) is 21.8. The van der Waals surface area contributed by atoms with Crippen LogP contribution in [0.4, 0.5) is 5.69 Å². The zero-order valence-electron chi connectivity index (χ0n) is 16.1. The quantitative estimate of drug-likeness (QED) is 0.701. The highest BCUT2D eigenvalue weighted by molar-refractivity contribution is 7.92. The van der Waals surface area contributed by atoms with Crippen LogP contribution in [0.3, 0.4) is 0 Å². The van der Waals surface area contributed by atoms with E-state index in [4.69, 9.17) is 21.1 Å². The lowest BCUT2D eigenvalue weighted by Gasteiger charge is -2.18. The molecule has 0 aromatic heterocycles. The second-order valence-corrected chi connectivity index (χ2v) is 8.68. The Hall–Kier alpha value is -2.45. The fourth-order valence-electron chi connectivity index (χ4n) is 2.31. The van der Waals surface area contributed by atoms with Gasteiger partial charge in [-0.25, -0.2) is 8.42 Å². The summed E-state index contributed by atoms with van der Waals surface area (Å²) < 4.78 is 35.1. The van der Waals surface area contributed by atoms with Crippen LogP contribution >= 0.6 is 11.6 Å². The van der Waals surface area contributed by atoms with E-state index in [1.54, 1.807) is 38.3 Å². The molecule has 9 heteroatoms. The van der Waals surface area contributed by atoms with Gasteiger partial charge in [0.15, 0.2) is 0 Å². The zero-order valence-corrected chi connectivity index (χ0v) is 17.7. The molecular formula is C19H23ClN2O5S. The van der Waals surface area contributed by atoms with Crippen molar-refractivity contribution in [1.82, 2.24) is 5.32 Å². The van der Waals surface area contributed by atoms with E-state index in [0.717, 1.165) is 16.3 Å². The van der Waals surface area contributed by atoms with E-state index < -0.39 is 10.0 Å². The highest BCUT2D eigenvalue weighted by atomic mass is 35.5. The van der Waals surface area contributed by atoms with E-state index in [-0.39, 0.29) is 29.1 Å². The third kappa shape index (κ3) is 5.77. The molecule has 0 saturated carbocycles. The predicted octanol–water partition coefficient (Wildman–Crippen LogP) is 2.94. The van der Waals surface area contributed by atoms with Crippen LogP contribution in [0.2, 0.25) is 5.02 Å². The molecule has 2 aromatic carbocycles. The van der Waals surface area contributed by atoms with Gasteiger partial charge in [0.2, 0.25) is 10.0 Å². The summed E-state index contributed by atoms with van der Waals surface area (Å²) in [5.74, 6) is 1.02. The van der Waals surface area contributed by atoms with Crippen molar-refractivity contribution in [3.05, 3.63) is 53.1 Å². The van der Waals surface area contributed by atoms with Gasteiger partial charge in [-0.2, -0.15) is 0 Å². The Morgan fingerprint density at radius 2 is 1.79 bits per heavy atom. The Morgan fingerprint density at radius 1 is 1.18 bits per heavy atom. The summed E-state index contributed by atoms with van der Waals surface area (Å²) >= 11 is 6.18. The number of hydrogen-bond acceptors (Lipinski definition) is 5. The second kappa shape index (κ2) is 9.16. The molecule has 1 amide bonds. The fourth-order valence-corrected chi connectivity index (χ4v) is 3.07. The Kier molecular flexibility index (Phi) is 7.15. The van der Waals surface area contributed by atoms with E-state index >= 15 is 0 Å². The maximum atomic E-state index is 12.4. The highest BCUT2D eigenvalue weighted by Gasteiger charge is 2.17. The molecule has 0 saturated heterocycles. The molecule has 0 unspecified atom stereocenters. The number of sulfonamides is 1. The van der Waals surface area contributed by atoms with Gasteiger partial charge in [-0.15, -0.1) is 0 Å². The van der Waals surface area contributed by atoms with Gasteiger partial charge in [0.25, 0.3) is 5.91 Å². The number of nitrogens with zero attached hydrogens (tertiary/aromatic N) is 1. The van der Waals surface area contributed by atoms with Crippen LogP contribution in [0, 0.1) is 0 Å². The molecule has 1 atom stereocenters. The molecule has 0 radical (unpaired) electrons.